The molecule has 1 heterocycles. The zero-order valence-corrected chi connectivity index (χ0v) is 17.7. The number of carbonyl (C=O) groups is 2. The van der Waals surface area contributed by atoms with Crippen LogP contribution in [0, 0.1) is 0 Å². The number of aromatic nitrogens is 1. The summed E-state index contributed by atoms with van der Waals surface area (Å²) in [6.45, 7) is 9.58. The molecule has 0 radical (unpaired) electrons. The van der Waals surface area contributed by atoms with Crippen molar-refractivity contribution in [2.75, 3.05) is 0 Å². The predicted octanol–water partition coefficient (Wildman–Crippen LogP) is 4.45. The van der Waals surface area contributed by atoms with Crippen LogP contribution in [0.25, 0.3) is 0 Å². The van der Waals surface area contributed by atoms with Crippen LogP contribution in [-0.2, 0) is 17.6 Å². The van der Waals surface area contributed by atoms with E-state index in [2.05, 4.69) is 10.3 Å². The number of nitrogens with zero attached hydrogens (tertiary/aromatic N) is 1. The largest absolute Gasteiger partial charge is 0.507 e. The van der Waals surface area contributed by atoms with E-state index in [0.29, 0.717) is 16.1 Å². The van der Waals surface area contributed by atoms with Crippen molar-refractivity contribution in [3.8, 4) is 5.75 Å². The van der Waals surface area contributed by atoms with Crippen molar-refractivity contribution in [3.05, 3.63) is 57.9 Å². The first kappa shape index (κ1) is 21.9. The van der Waals surface area contributed by atoms with Gasteiger partial charge in [0, 0.05) is 35.2 Å². The summed E-state index contributed by atoms with van der Waals surface area (Å²) in [5, 5.41) is 13.8. The van der Waals surface area contributed by atoms with E-state index in [9.17, 15) is 14.7 Å². The first-order valence-electron chi connectivity index (χ1n) is 9.26. The van der Waals surface area contributed by atoms with Crippen LogP contribution >= 0.6 is 11.6 Å². The zero-order chi connectivity index (χ0) is 21.1. The Kier molecular flexibility index (Phi) is 6.83. The number of hydrogen-bond acceptors (Lipinski definition) is 4. The minimum atomic E-state index is -0.372. The lowest BCUT2D eigenvalue weighted by molar-refractivity contribution is -0.117. The second kappa shape index (κ2) is 8.74. The van der Waals surface area contributed by atoms with Gasteiger partial charge in [0.1, 0.15) is 17.2 Å². The number of hydrogen-bond donors (Lipinski definition) is 2. The van der Waals surface area contributed by atoms with E-state index in [1.807, 2.05) is 34.6 Å². The van der Waals surface area contributed by atoms with Gasteiger partial charge in [-0.1, -0.05) is 25.4 Å². The Morgan fingerprint density at radius 3 is 2.46 bits per heavy atom. The highest BCUT2D eigenvalue weighted by Crippen LogP contribution is 2.32. The van der Waals surface area contributed by atoms with E-state index < -0.39 is 0 Å². The number of phenolic OH excluding ortho intramolecular Hbond substituents is 1. The number of aromatic hydroxyl groups is 1. The molecule has 0 bridgehead atoms. The molecule has 0 unspecified atom stereocenters. The summed E-state index contributed by atoms with van der Waals surface area (Å²) >= 11 is 6.14. The highest BCUT2D eigenvalue weighted by atomic mass is 35.5. The highest BCUT2D eigenvalue weighted by molar-refractivity contribution is 6.30. The molecule has 0 spiro atoms. The molecule has 1 aromatic carbocycles. The van der Waals surface area contributed by atoms with E-state index in [4.69, 9.17) is 11.6 Å². The van der Waals surface area contributed by atoms with Crippen LogP contribution in [0.4, 0.5) is 0 Å². The Balaban J connectivity index is 2.14. The minimum absolute atomic E-state index is 0.0674. The number of amides is 1. The van der Waals surface area contributed by atoms with E-state index in [1.54, 1.807) is 24.3 Å². The lowest BCUT2D eigenvalue weighted by Crippen LogP contribution is -2.40. The zero-order valence-electron chi connectivity index (χ0n) is 17.0. The van der Waals surface area contributed by atoms with Crippen LogP contribution in [0.5, 0.6) is 5.75 Å². The molecule has 0 aliphatic carbocycles. The quantitative estimate of drug-likeness (QED) is 0.748. The maximum absolute atomic E-state index is 12.6. The topological polar surface area (TPSA) is 79.3 Å². The average Bonchev–Trinajstić information content (AvgIpc) is 2.56. The molecule has 2 aromatic rings. The molecule has 2 rings (SSSR count). The average molecular weight is 403 g/mol. The second-order valence-corrected chi connectivity index (χ2v) is 8.74. The fourth-order valence-electron chi connectivity index (χ4n) is 2.87. The first-order chi connectivity index (χ1) is 13.0. The maximum Gasteiger partial charge on any atom is 0.270 e. The van der Waals surface area contributed by atoms with Crippen molar-refractivity contribution in [3.63, 3.8) is 0 Å². The van der Waals surface area contributed by atoms with Gasteiger partial charge in [0.25, 0.3) is 5.91 Å². The summed E-state index contributed by atoms with van der Waals surface area (Å²) in [5.41, 5.74) is 1.84. The van der Waals surface area contributed by atoms with Crippen molar-refractivity contribution < 1.29 is 14.7 Å². The fraction of sp³-hybridized carbons (Fsp3) is 0.409. The van der Waals surface area contributed by atoms with Gasteiger partial charge in [-0.05, 0) is 62.1 Å². The maximum atomic E-state index is 12.6. The molecule has 1 aromatic heterocycles. The van der Waals surface area contributed by atoms with Gasteiger partial charge in [0.15, 0.2) is 0 Å². The summed E-state index contributed by atoms with van der Waals surface area (Å²) < 4.78 is 0. The van der Waals surface area contributed by atoms with E-state index in [-0.39, 0.29) is 47.4 Å². The number of Topliss-reactive ketones (excluding diaryl/α,β-unsaturated/α-hetero) is 1. The Labute approximate surface area is 171 Å². The third-order valence-corrected chi connectivity index (χ3v) is 4.36. The van der Waals surface area contributed by atoms with E-state index >= 15 is 0 Å². The lowest BCUT2D eigenvalue weighted by atomic mass is 9.95. The Bertz CT molecular complexity index is 886. The van der Waals surface area contributed by atoms with Crippen molar-refractivity contribution in [1.29, 1.82) is 0 Å². The van der Waals surface area contributed by atoms with Crippen LogP contribution < -0.4 is 5.32 Å². The molecule has 28 heavy (non-hydrogen) atoms. The number of rotatable bonds is 6. The molecule has 0 saturated carbocycles. The van der Waals surface area contributed by atoms with Gasteiger partial charge in [-0.3, -0.25) is 14.6 Å². The van der Waals surface area contributed by atoms with Crippen molar-refractivity contribution in [2.45, 2.75) is 58.9 Å². The van der Waals surface area contributed by atoms with Gasteiger partial charge < -0.3 is 10.4 Å². The van der Waals surface area contributed by atoms with Gasteiger partial charge in [0.2, 0.25) is 0 Å². The van der Waals surface area contributed by atoms with E-state index in [1.165, 1.54) is 6.20 Å². The molecule has 1 amide bonds. The molecule has 0 fully saturated rings. The summed E-state index contributed by atoms with van der Waals surface area (Å²) in [4.78, 5) is 28.9. The van der Waals surface area contributed by atoms with Crippen LogP contribution in [0.2, 0.25) is 5.02 Å². The summed E-state index contributed by atoms with van der Waals surface area (Å²) in [7, 11) is 0. The monoisotopic (exact) mass is 402 g/mol. The van der Waals surface area contributed by atoms with Gasteiger partial charge >= 0.3 is 0 Å². The number of phenols is 1. The van der Waals surface area contributed by atoms with Crippen LogP contribution in [0.15, 0.2) is 30.5 Å². The molecular weight excluding hydrogens is 376 g/mol. The molecule has 150 valence electrons. The Morgan fingerprint density at radius 1 is 1.18 bits per heavy atom. The molecule has 5 nitrogen and oxygen atoms in total. The fourth-order valence-corrected chi connectivity index (χ4v) is 3.12. The first-order valence-corrected chi connectivity index (χ1v) is 9.64. The highest BCUT2D eigenvalue weighted by Gasteiger charge is 2.18. The third kappa shape index (κ3) is 6.06. The van der Waals surface area contributed by atoms with Crippen molar-refractivity contribution >= 4 is 23.3 Å². The third-order valence-electron chi connectivity index (χ3n) is 4.14. The summed E-state index contributed by atoms with van der Waals surface area (Å²) in [5.74, 6) is -0.152. The number of carbonyl (C=O) groups excluding carboxylic acids is 2. The van der Waals surface area contributed by atoms with Crippen molar-refractivity contribution in [1.82, 2.24) is 10.3 Å². The van der Waals surface area contributed by atoms with Crippen molar-refractivity contribution in [2.24, 2.45) is 0 Å². The lowest BCUT2D eigenvalue weighted by Gasteiger charge is -2.20. The van der Waals surface area contributed by atoms with Crippen LogP contribution in [0.3, 0.4) is 0 Å². The molecule has 0 aliphatic heterocycles. The van der Waals surface area contributed by atoms with Crippen LogP contribution in [0.1, 0.15) is 67.7 Å². The molecule has 0 aliphatic rings. The van der Waals surface area contributed by atoms with Gasteiger partial charge in [-0.15, -0.1) is 0 Å². The molecule has 0 saturated heterocycles. The number of ketones is 1. The number of pyridine rings is 1. The van der Waals surface area contributed by atoms with Gasteiger partial charge in [-0.2, -0.15) is 0 Å². The SMILES string of the molecule is CC(C)c1cc(Cl)cc(CC(=O)Cc2ccnc(C(=O)NC(C)(C)C)c2)c1O. The number of nitrogens with one attached hydrogen (secondary N) is 1. The summed E-state index contributed by atoms with van der Waals surface area (Å²) in [6.07, 6.45) is 1.73. The Hall–Kier alpha value is -2.40. The molecule has 2 N–H and O–H groups in total. The Morgan fingerprint density at radius 2 is 1.86 bits per heavy atom. The normalized spacial score (nSPS) is 11.5. The predicted molar refractivity (Wildman–Crippen MR) is 111 cm³/mol. The van der Waals surface area contributed by atoms with Gasteiger partial charge in [0.05, 0.1) is 0 Å². The minimum Gasteiger partial charge on any atom is -0.507 e. The van der Waals surface area contributed by atoms with Crippen LogP contribution in [-0.4, -0.2) is 27.3 Å². The molecular formula is C22H27ClN2O3. The molecule has 0 atom stereocenters. The number of benzene rings is 1. The van der Waals surface area contributed by atoms with E-state index in [0.717, 1.165) is 5.56 Å². The number of halogens is 1. The smallest absolute Gasteiger partial charge is 0.270 e. The second-order valence-electron chi connectivity index (χ2n) is 8.30. The summed E-state index contributed by atoms with van der Waals surface area (Å²) in [6, 6.07) is 6.67. The molecule has 6 heteroatoms. The van der Waals surface area contributed by atoms with Gasteiger partial charge in [-0.25, -0.2) is 0 Å². The standard InChI is InChI=1S/C22H27ClN2O3/c1-13(2)18-12-16(23)10-15(20(18)27)11-17(26)8-14-6-7-24-19(9-14)21(28)25-22(3,4)5/h6-7,9-10,12-13,27H,8,11H2,1-5H3,(H,25,28).